The summed E-state index contributed by atoms with van der Waals surface area (Å²) in [7, 11) is 3.32. The van der Waals surface area contributed by atoms with Gasteiger partial charge in [0.25, 0.3) is 0 Å². The van der Waals surface area contributed by atoms with Gasteiger partial charge in [-0.25, -0.2) is 4.98 Å². The fourth-order valence-corrected chi connectivity index (χ4v) is 5.08. The molecule has 42 heavy (non-hydrogen) atoms. The highest BCUT2D eigenvalue weighted by atomic mass is 16.5. The van der Waals surface area contributed by atoms with Crippen LogP contribution in [0.25, 0.3) is 22.4 Å². The maximum Gasteiger partial charge on any atom is 0.172 e. The van der Waals surface area contributed by atoms with Crippen LogP contribution in [0.15, 0.2) is 121 Å². The molecule has 6 nitrogen and oxygen atoms in total. The normalized spacial score (nSPS) is 10.9. The zero-order valence-electron chi connectivity index (χ0n) is 23.7. The Bertz CT molecular complexity index is 1780. The van der Waals surface area contributed by atoms with Gasteiger partial charge in [-0.2, -0.15) is 0 Å². The second-order valence-corrected chi connectivity index (χ2v) is 9.84. The summed E-state index contributed by atoms with van der Waals surface area (Å²) in [4.78, 5) is 5.09. The number of ether oxygens (including phenoxy) is 4. The van der Waals surface area contributed by atoms with E-state index in [0.717, 1.165) is 39.1 Å². The number of rotatable bonds is 11. The molecule has 6 heteroatoms. The molecule has 1 aromatic heterocycles. The van der Waals surface area contributed by atoms with Crippen molar-refractivity contribution >= 4 is 11.0 Å². The van der Waals surface area contributed by atoms with Crippen molar-refractivity contribution in [2.75, 3.05) is 14.2 Å². The maximum absolute atomic E-state index is 6.43. The fraction of sp³-hybridized carbons (Fsp3) is 0.139. The third-order valence-electron chi connectivity index (χ3n) is 7.16. The third-order valence-corrected chi connectivity index (χ3v) is 7.16. The van der Waals surface area contributed by atoms with Crippen molar-refractivity contribution in [2.45, 2.75) is 19.8 Å². The number of aromatic nitrogens is 2. The van der Waals surface area contributed by atoms with E-state index in [0.29, 0.717) is 42.8 Å². The van der Waals surface area contributed by atoms with Gasteiger partial charge in [0.05, 0.1) is 37.4 Å². The summed E-state index contributed by atoms with van der Waals surface area (Å²) < 4.78 is 26.5. The number of methoxy groups -OCH3 is 2. The highest BCUT2D eigenvalue weighted by Gasteiger charge is 2.21. The Hall–Kier alpha value is -5.23. The molecule has 0 saturated carbocycles. The minimum absolute atomic E-state index is 0.405. The largest absolute Gasteiger partial charge is 0.493 e. The summed E-state index contributed by atoms with van der Waals surface area (Å²) in [6, 6.07) is 40.3. The summed E-state index contributed by atoms with van der Waals surface area (Å²) in [5, 5.41) is 0. The van der Waals surface area contributed by atoms with Crippen LogP contribution in [0.5, 0.6) is 23.0 Å². The van der Waals surface area contributed by atoms with E-state index in [-0.39, 0.29) is 0 Å². The number of fused-ring (bicyclic) bond motifs is 1. The van der Waals surface area contributed by atoms with Crippen molar-refractivity contribution in [1.29, 1.82) is 0 Å². The molecular formula is C36H32N2O4. The van der Waals surface area contributed by atoms with Crippen LogP contribution in [0.1, 0.15) is 16.7 Å². The molecule has 0 spiro atoms. The van der Waals surface area contributed by atoms with Crippen LogP contribution in [0.3, 0.4) is 0 Å². The van der Waals surface area contributed by atoms with Gasteiger partial charge in [-0.15, -0.1) is 0 Å². The van der Waals surface area contributed by atoms with Crippen LogP contribution in [-0.2, 0) is 19.8 Å². The fourth-order valence-electron chi connectivity index (χ4n) is 5.08. The lowest BCUT2D eigenvalue weighted by Crippen LogP contribution is -2.07. The molecule has 0 amide bonds. The summed E-state index contributed by atoms with van der Waals surface area (Å²) >= 11 is 0. The van der Waals surface area contributed by atoms with Crippen LogP contribution < -0.4 is 18.9 Å². The zero-order valence-corrected chi connectivity index (χ0v) is 23.7. The minimum Gasteiger partial charge on any atom is -0.493 e. The molecule has 6 aromatic rings. The standard InChI is InChI=1S/C36H32N2O4/c1-39-32-21-11-17-28(34(32)41-24-26-13-5-3-6-14-26)23-38-31-20-10-9-19-30(31)37-36(38)29-18-12-22-33(40-2)35(29)42-25-27-15-7-4-8-16-27/h3-22H,23-25H2,1-2H3. The van der Waals surface area contributed by atoms with Gasteiger partial charge in [0, 0.05) is 5.56 Å². The van der Waals surface area contributed by atoms with E-state index in [4.69, 9.17) is 23.9 Å². The average molecular weight is 557 g/mol. The van der Waals surface area contributed by atoms with E-state index in [1.165, 1.54) is 0 Å². The Labute approximate surface area is 245 Å². The molecule has 5 aromatic carbocycles. The van der Waals surface area contributed by atoms with Crippen molar-refractivity contribution in [3.8, 4) is 34.4 Å². The van der Waals surface area contributed by atoms with E-state index in [1.54, 1.807) is 14.2 Å². The van der Waals surface area contributed by atoms with Crippen molar-refractivity contribution in [3.05, 3.63) is 138 Å². The highest BCUT2D eigenvalue weighted by molar-refractivity contribution is 5.83. The molecule has 0 unspecified atom stereocenters. The zero-order chi connectivity index (χ0) is 28.7. The maximum atomic E-state index is 6.43. The molecule has 0 radical (unpaired) electrons. The number of benzene rings is 5. The van der Waals surface area contributed by atoms with E-state index >= 15 is 0 Å². The third kappa shape index (κ3) is 5.65. The van der Waals surface area contributed by atoms with Gasteiger partial charge in [0.2, 0.25) is 0 Å². The van der Waals surface area contributed by atoms with Gasteiger partial charge in [0.15, 0.2) is 23.0 Å². The molecule has 6 rings (SSSR count). The van der Waals surface area contributed by atoms with Crippen molar-refractivity contribution in [2.24, 2.45) is 0 Å². The van der Waals surface area contributed by atoms with E-state index < -0.39 is 0 Å². The first kappa shape index (κ1) is 27.0. The first-order chi connectivity index (χ1) is 20.7. The molecule has 210 valence electrons. The SMILES string of the molecule is COc1cccc(Cn2c(-c3cccc(OC)c3OCc3ccccc3)nc3ccccc32)c1OCc1ccccc1. The molecule has 0 aliphatic carbocycles. The second kappa shape index (κ2) is 12.5. The van der Waals surface area contributed by atoms with Crippen LogP contribution >= 0.6 is 0 Å². The number of imidazole rings is 1. The van der Waals surface area contributed by atoms with Crippen molar-refractivity contribution in [1.82, 2.24) is 9.55 Å². The first-order valence-electron chi connectivity index (χ1n) is 13.9. The Morgan fingerprint density at radius 2 is 1.14 bits per heavy atom. The van der Waals surface area contributed by atoms with E-state index in [1.807, 2.05) is 97.1 Å². The molecule has 0 bridgehead atoms. The van der Waals surface area contributed by atoms with E-state index in [9.17, 15) is 0 Å². The number of hydrogen-bond acceptors (Lipinski definition) is 5. The monoisotopic (exact) mass is 556 g/mol. The van der Waals surface area contributed by atoms with Gasteiger partial charge in [-0.05, 0) is 41.5 Å². The predicted octanol–water partition coefficient (Wildman–Crippen LogP) is 7.93. The Morgan fingerprint density at radius 1 is 0.571 bits per heavy atom. The quantitative estimate of drug-likeness (QED) is 0.162. The highest BCUT2D eigenvalue weighted by Crippen LogP contribution is 2.40. The Morgan fingerprint density at radius 3 is 1.81 bits per heavy atom. The average Bonchev–Trinajstić information content (AvgIpc) is 3.41. The molecule has 0 aliphatic heterocycles. The molecule has 0 N–H and O–H groups in total. The topological polar surface area (TPSA) is 54.7 Å². The smallest absolute Gasteiger partial charge is 0.172 e. The van der Waals surface area contributed by atoms with Gasteiger partial charge in [-0.1, -0.05) is 91.0 Å². The lowest BCUT2D eigenvalue weighted by atomic mass is 10.1. The lowest BCUT2D eigenvalue weighted by Gasteiger charge is -2.19. The molecule has 0 saturated heterocycles. The van der Waals surface area contributed by atoms with Gasteiger partial charge >= 0.3 is 0 Å². The first-order valence-corrected chi connectivity index (χ1v) is 13.9. The molecule has 0 fully saturated rings. The summed E-state index contributed by atoms with van der Waals surface area (Å²) in [6.07, 6.45) is 0. The molecule has 0 atom stereocenters. The Balaban J connectivity index is 1.43. The van der Waals surface area contributed by atoms with Gasteiger partial charge < -0.3 is 23.5 Å². The summed E-state index contributed by atoms with van der Waals surface area (Å²) in [6.45, 7) is 1.34. The molecule has 0 aliphatic rings. The summed E-state index contributed by atoms with van der Waals surface area (Å²) in [5.74, 6) is 3.46. The van der Waals surface area contributed by atoms with Crippen LogP contribution in [-0.4, -0.2) is 23.8 Å². The number of hydrogen-bond donors (Lipinski definition) is 0. The molecule has 1 heterocycles. The van der Waals surface area contributed by atoms with Crippen LogP contribution in [0.4, 0.5) is 0 Å². The summed E-state index contributed by atoms with van der Waals surface area (Å²) in [5.41, 5.74) is 5.86. The Kier molecular flexibility index (Phi) is 8.04. The number of nitrogens with zero attached hydrogens (tertiary/aromatic N) is 2. The van der Waals surface area contributed by atoms with Crippen LogP contribution in [0, 0.1) is 0 Å². The van der Waals surface area contributed by atoms with Crippen molar-refractivity contribution < 1.29 is 18.9 Å². The minimum atomic E-state index is 0.405. The molecular weight excluding hydrogens is 524 g/mol. The predicted molar refractivity (Wildman–Crippen MR) is 165 cm³/mol. The van der Waals surface area contributed by atoms with Crippen molar-refractivity contribution in [3.63, 3.8) is 0 Å². The lowest BCUT2D eigenvalue weighted by molar-refractivity contribution is 0.281. The second-order valence-electron chi connectivity index (χ2n) is 9.84. The van der Waals surface area contributed by atoms with E-state index in [2.05, 4.69) is 28.8 Å². The van der Waals surface area contributed by atoms with Crippen LogP contribution in [0.2, 0.25) is 0 Å². The number of para-hydroxylation sites is 4. The van der Waals surface area contributed by atoms with Gasteiger partial charge in [-0.3, -0.25) is 0 Å². The van der Waals surface area contributed by atoms with Gasteiger partial charge in [0.1, 0.15) is 19.0 Å².